The van der Waals surface area contributed by atoms with E-state index in [9.17, 15) is 18.0 Å². The number of anilines is 3. The molecule has 1 aliphatic rings. The molecule has 1 heterocycles. The Morgan fingerprint density at radius 1 is 1.00 bits per heavy atom. The molecule has 0 saturated heterocycles. The van der Waals surface area contributed by atoms with Gasteiger partial charge in [0.25, 0.3) is 15.9 Å². The van der Waals surface area contributed by atoms with Crippen molar-refractivity contribution in [2.45, 2.75) is 4.90 Å². The van der Waals surface area contributed by atoms with E-state index < -0.39 is 15.9 Å². The van der Waals surface area contributed by atoms with E-state index in [1.165, 1.54) is 35.2 Å². The van der Waals surface area contributed by atoms with Gasteiger partial charge in [-0.05, 0) is 42.5 Å². The van der Waals surface area contributed by atoms with Gasteiger partial charge in [-0.1, -0.05) is 41.9 Å². The lowest BCUT2D eigenvalue weighted by Gasteiger charge is -2.29. The molecule has 2 N–H and O–H groups in total. The predicted molar refractivity (Wildman–Crippen MR) is 115 cm³/mol. The van der Waals surface area contributed by atoms with Crippen molar-refractivity contribution in [1.29, 1.82) is 0 Å². The lowest BCUT2D eigenvalue weighted by atomic mass is 10.1. The molecule has 0 spiro atoms. The Kier molecular flexibility index (Phi) is 5.19. The minimum Gasteiger partial charge on any atom is -0.323 e. The lowest BCUT2D eigenvalue weighted by molar-refractivity contribution is -0.115. The summed E-state index contributed by atoms with van der Waals surface area (Å²) in [6.45, 7) is -0.144. The molecule has 0 fully saturated rings. The Labute approximate surface area is 178 Å². The van der Waals surface area contributed by atoms with Crippen molar-refractivity contribution in [2.75, 3.05) is 21.5 Å². The van der Waals surface area contributed by atoms with E-state index in [4.69, 9.17) is 11.6 Å². The monoisotopic (exact) mass is 441 g/mol. The zero-order valence-corrected chi connectivity index (χ0v) is 17.1. The number of nitrogens with one attached hydrogen (secondary N) is 2. The number of rotatable bonds is 4. The first-order valence-electron chi connectivity index (χ1n) is 8.93. The van der Waals surface area contributed by atoms with Crippen LogP contribution < -0.4 is 14.9 Å². The first-order chi connectivity index (χ1) is 14.3. The van der Waals surface area contributed by atoms with Crippen LogP contribution >= 0.6 is 11.6 Å². The molecule has 0 atom stereocenters. The number of benzene rings is 3. The Morgan fingerprint density at radius 3 is 2.43 bits per heavy atom. The van der Waals surface area contributed by atoms with Crippen molar-refractivity contribution in [2.24, 2.45) is 0 Å². The second kappa shape index (κ2) is 7.81. The molecule has 7 nitrogen and oxygen atoms in total. The fraction of sp³-hybridized carbons (Fsp3) is 0.0476. The third-order valence-corrected chi connectivity index (χ3v) is 6.23. The standard InChI is InChI=1S/C21H16ClN3O4S/c22-17-12-14(24-30(28,29)15-6-2-1-3-7-15)10-11-16(17)21(27)25-13-20(26)23-18-8-4-5-9-19(18)25/h1-12,24H,13H2,(H,23,26). The van der Waals surface area contributed by atoms with E-state index in [-0.39, 0.29) is 33.6 Å². The quantitative estimate of drug-likeness (QED) is 0.644. The van der Waals surface area contributed by atoms with Gasteiger partial charge in [0, 0.05) is 0 Å². The number of carbonyl (C=O) groups excluding carboxylic acids is 2. The van der Waals surface area contributed by atoms with Gasteiger partial charge >= 0.3 is 0 Å². The van der Waals surface area contributed by atoms with Crippen LogP contribution in [-0.2, 0) is 14.8 Å². The van der Waals surface area contributed by atoms with Crippen LogP contribution in [0.1, 0.15) is 10.4 Å². The van der Waals surface area contributed by atoms with Gasteiger partial charge in [-0.3, -0.25) is 19.2 Å². The molecule has 3 aromatic carbocycles. The van der Waals surface area contributed by atoms with Crippen LogP contribution in [-0.4, -0.2) is 26.8 Å². The topological polar surface area (TPSA) is 95.6 Å². The van der Waals surface area contributed by atoms with Crippen molar-refractivity contribution in [3.8, 4) is 0 Å². The number of amides is 2. The highest BCUT2D eigenvalue weighted by atomic mass is 35.5. The maximum atomic E-state index is 13.1. The molecule has 4 rings (SSSR count). The zero-order valence-electron chi connectivity index (χ0n) is 15.5. The fourth-order valence-corrected chi connectivity index (χ4v) is 4.46. The molecule has 9 heteroatoms. The summed E-state index contributed by atoms with van der Waals surface area (Å²) in [7, 11) is -3.79. The SMILES string of the molecule is O=C1CN(C(=O)c2ccc(NS(=O)(=O)c3ccccc3)cc2Cl)c2ccccc2N1. The number of hydrogen-bond acceptors (Lipinski definition) is 4. The highest BCUT2D eigenvalue weighted by Crippen LogP contribution is 2.32. The van der Waals surface area contributed by atoms with E-state index in [2.05, 4.69) is 10.0 Å². The van der Waals surface area contributed by atoms with Gasteiger partial charge in [0.1, 0.15) is 6.54 Å². The molecular formula is C21H16ClN3O4S. The van der Waals surface area contributed by atoms with Crippen LogP contribution in [0.15, 0.2) is 77.7 Å². The number of carbonyl (C=O) groups is 2. The van der Waals surface area contributed by atoms with Crippen molar-refractivity contribution in [1.82, 2.24) is 0 Å². The minimum atomic E-state index is -3.79. The summed E-state index contributed by atoms with van der Waals surface area (Å²) in [5, 5.41) is 2.79. The molecule has 0 aliphatic carbocycles. The Morgan fingerprint density at radius 2 is 1.70 bits per heavy atom. The van der Waals surface area contributed by atoms with Crippen LogP contribution in [0.3, 0.4) is 0 Å². The normalized spacial score (nSPS) is 13.4. The zero-order chi connectivity index (χ0) is 21.3. The largest absolute Gasteiger partial charge is 0.323 e. The van der Waals surface area contributed by atoms with E-state index in [0.29, 0.717) is 11.4 Å². The maximum Gasteiger partial charge on any atom is 0.261 e. The number of hydrogen-bond donors (Lipinski definition) is 2. The Bertz CT molecular complexity index is 1250. The van der Waals surface area contributed by atoms with Gasteiger partial charge in [-0.2, -0.15) is 0 Å². The van der Waals surface area contributed by atoms with E-state index in [0.717, 1.165) is 0 Å². The Hall–Kier alpha value is -3.36. The van der Waals surface area contributed by atoms with E-state index >= 15 is 0 Å². The van der Waals surface area contributed by atoms with Gasteiger partial charge in [0.2, 0.25) is 5.91 Å². The summed E-state index contributed by atoms with van der Waals surface area (Å²) in [5.74, 6) is -0.773. The maximum absolute atomic E-state index is 13.1. The van der Waals surface area contributed by atoms with Gasteiger partial charge in [0.05, 0.1) is 32.5 Å². The summed E-state index contributed by atoms with van der Waals surface area (Å²) in [6, 6.07) is 19.1. The van der Waals surface area contributed by atoms with Crippen LogP contribution in [0.25, 0.3) is 0 Å². The molecule has 3 aromatic rings. The first kappa shape index (κ1) is 19.9. The summed E-state index contributed by atoms with van der Waals surface area (Å²) in [5.41, 5.74) is 1.47. The molecule has 0 bridgehead atoms. The number of halogens is 1. The second-order valence-electron chi connectivity index (χ2n) is 6.57. The summed E-state index contributed by atoms with van der Waals surface area (Å²) >= 11 is 6.30. The molecule has 0 unspecified atom stereocenters. The van der Waals surface area contributed by atoms with Gasteiger partial charge in [-0.15, -0.1) is 0 Å². The third-order valence-electron chi connectivity index (χ3n) is 4.52. The summed E-state index contributed by atoms with van der Waals surface area (Å²) in [4.78, 5) is 26.5. The third kappa shape index (κ3) is 3.87. The molecule has 0 radical (unpaired) electrons. The van der Waals surface area contributed by atoms with Crippen molar-refractivity contribution in [3.05, 3.63) is 83.4 Å². The van der Waals surface area contributed by atoms with Crippen molar-refractivity contribution < 1.29 is 18.0 Å². The molecule has 2 amide bonds. The van der Waals surface area contributed by atoms with Gasteiger partial charge in [0.15, 0.2) is 0 Å². The molecule has 0 aromatic heterocycles. The van der Waals surface area contributed by atoms with Crippen LogP contribution in [0.5, 0.6) is 0 Å². The van der Waals surface area contributed by atoms with Crippen LogP contribution in [0.2, 0.25) is 5.02 Å². The van der Waals surface area contributed by atoms with Gasteiger partial charge < -0.3 is 5.32 Å². The van der Waals surface area contributed by atoms with Crippen LogP contribution in [0.4, 0.5) is 17.1 Å². The van der Waals surface area contributed by atoms with Crippen LogP contribution in [0, 0.1) is 0 Å². The lowest BCUT2D eigenvalue weighted by Crippen LogP contribution is -2.42. The predicted octanol–water partition coefficient (Wildman–Crippen LogP) is 3.74. The number of nitrogens with zero attached hydrogens (tertiary/aromatic N) is 1. The molecule has 30 heavy (non-hydrogen) atoms. The average molecular weight is 442 g/mol. The Balaban J connectivity index is 1.61. The number of fused-ring (bicyclic) bond motifs is 1. The first-order valence-corrected chi connectivity index (χ1v) is 10.8. The summed E-state index contributed by atoms with van der Waals surface area (Å²) in [6.07, 6.45) is 0. The fourth-order valence-electron chi connectivity index (χ4n) is 3.13. The smallest absolute Gasteiger partial charge is 0.261 e. The van der Waals surface area contributed by atoms with E-state index in [1.54, 1.807) is 42.5 Å². The molecule has 1 aliphatic heterocycles. The highest BCUT2D eigenvalue weighted by Gasteiger charge is 2.28. The second-order valence-corrected chi connectivity index (χ2v) is 8.66. The molecule has 152 valence electrons. The van der Waals surface area contributed by atoms with Crippen molar-refractivity contribution in [3.63, 3.8) is 0 Å². The number of para-hydroxylation sites is 2. The van der Waals surface area contributed by atoms with Gasteiger partial charge in [-0.25, -0.2) is 8.42 Å². The molecular weight excluding hydrogens is 426 g/mol. The summed E-state index contributed by atoms with van der Waals surface area (Å²) < 4.78 is 27.4. The van der Waals surface area contributed by atoms with Crippen molar-refractivity contribution >= 4 is 50.5 Å². The highest BCUT2D eigenvalue weighted by molar-refractivity contribution is 7.92. The molecule has 0 saturated carbocycles. The minimum absolute atomic E-state index is 0.0664. The number of sulfonamides is 1. The van der Waals surface area contributed by atoms with E-state index in [1.807, 2.05) is 0 Å². The average Bonchev–Trinajstić information content (AvgIpc) is 2.73.